The molecule has 1 aromatic carbocycles. The van der Waals surface area contributed by atoms with E-state index in [-0.39, 0.29) is 0 Å². The maximum Gasteiger partial charge on any atom is 0.215 e. The Morgan fingerprint density at radius 2 is 1.81 bits per heavy atom. The fourth-order valence-electron chi connectivity index (χ4n) is 2.43. The number of nitrogens with zero attached hydrogens (tertiary/aromatic N) is 2. The van der Waals surface area contributed by atoms with Crippen molar-refractivity contribution in [3.05, 3.63) is 48.3 Å². The molecule has 0 saturated heterocycles. The van der Waals surface area contributed by atoms with Gasteiger partial charge in [0, 0.05) is 28.9 Å². The first-order valence-corrected chi connectivity index (χ1v) is 6.66. The van der Waals surface area contributed by atoms with Gasteiger partial charge in [-0.05, 0) is 42.8 Å². The average Bonchev–Trinajstić information content (AvgIpc) is 2.53. The normalized spacial score (nSPS) is 10.6. The Labute approximate surface area is 123 Å². The van der Waals surface area contributed by atoms with Gasteiger partial charge < -0.3 is 9.47 Å². The lowest BCUT2D eigenvalue weighted by molar-refractivity contribution is 0.394. The Balaban J connectivity index is 2.21. The zero-order valence-corrected chi connectivity index (χ0v) is 12.3. The minimum absolute atomic E-state index is 0.648. The molecule has 4 nitrogen and oxygen atoms in total. The number of hydrogen-bond acceptors (Lipinski definition) is 4. The van der Waals surface area contributed by atoms with Crippen LogP contribution >= 0.6 is 0 Å². The number of hydrogen-bond donors (Lipinski definition) is 0. The molecule has 0 N–H and O–H groups in total. The van der Waals surface area contributed by atoms with Crippen LogP contribution < -0.4 is 9.47 Å². The molecular weight excluding hydrogens is 264 g/mol. The van der Waals surface area contributed by atoms with Crippen LogP contribution in [0.25, 0.3) is 22.0 Å². The van der Waals surface area contributed by atoms with Crippen LogP contribution in [0.4, 0.5) is 0 Å². The fraction of sp³-hybridized carbons (Fsp3) is 0.176. The zero-order chi connectivity index (χ0) is 14.8. The predicted octanol–water partition coefficient (Wildman–Crippen LogP) is 3.62. The van der Waals surface area contributed by atoms with Gasteiger partial charge in [-0.15, -0.1) is 0 Å². The van der Waals surface area contributed by atoms with Gasteiger partial charge in [0.25, 0.3) is 0 Å². The van der Waals surface area contributed by atoms with Gasteiger partial charge in [0.05, 0.1) is 19.7 Å². The van der Waals surface area contributed by atoms with Crippen LogP contribution in [0.2, 0.25) is 0 Å². The van der Waals surface area contributed by atoms with Gasteiger partial charge in [0.15, 0.2) is 0 Å². The lowest BCUT2D eigenvalue weighted by Crippen LogP contribution is -1.93. The molecule has 2 heterocycles. The second-order valence-electron chi connectivity index (χ2n) is 4.79. The first kappa shape index (κ1) is 13.4. The summed E-state index contributed by atoms with van der Waals surface area (Å²) in [5.74, 6) is 1.46. The summed E-state index contributed by atoms with van der Waals surface area (Å²) >= 11 is 0. The molecule has 0 unspecified atom stereocenters. The highest BCUT2D eigenvalue weighted by Crippen LogP contribution is 2.31. The Bertz CT molecular complexity index is 800. The van der Waals surface area contributed by atoms with Crippen molar-refractivity contribution < 1.29 is 9.47 Å². The van der Waals surface area contributed by atoms with Crippen LogP contribution in [0.15, 0.2) is 42.7 Å². The Morgan fingerprint density at radius 1 is 0.952 bits per heavy atom. The van der Waals surface area contributed by atoms with Crippen molar-refractivity contribution in [1.29, 1.82) is 0 Å². The minimum atomic E-state index is 0.648. The third kappa shape index (κ3) is 2.40. The van der Waals surface area contributed by atoms with Gasteiger partial charge in [-0.2, -0.15) is 0 Å². The Kier molecular flexibility index (Phi) is 3.44. The molecule has 0 atom stereocenters. The van der Waals surface area contributed by atoms with Crippen LogP contribution in [-0.2, 0) is 0 Å². The van der Waals surface area contributed by atoms with Crippen LogP contribution in [0, 0.1) is 6.92 Å². The Hall–Kier alpha value is -2.62. The van der Waals surface area contributed by atoms with Crippen LogP contribution in [0.1, 0.15) is 5.56 Å². The summed E-state index contributed by atoms with van der Waals surface area (Å²) in [6.45, 7) is 1.99. The molecule has 0 radical (unpaired) electrons. The minimum Gasteiger partial charge on any atom is -0.497 e. The lowest BCUT2D eigenvalue weighted by atomic mass is 10.0. The van der Waals surface area contributed by atoms with E-state index in [0.29, 0.717) is 5.88 Å². The number of pyridine rings is 2. The number of rotatable bonds is 3. The second kappa shape index (κ2) is 5.40. The topological polar surface area (TPSA) is 44.2 Å². The van der Waals surface area contributed by atoms with Gasteiger partial charge in [-0.25, -0.2) is 4.98 Å². The van der Waals surface area contributed by atoms with Crippen molar-refractivity contribution in [2.45, 2.75) is 6.92 Å². The summed E-state index contributed by atoms with van der Waals surface area (Å²) in [4.78, 5) is 8.75. The van der Waals surface area contributed by atoms with Crippen LogP contribution in [0.5, 0.6) is 11.6 Å². The predicted molar refractivity (Wildman–Crippen MR) is 82.8 cm³/mol. The monoisotopic (exact) mass is 280 g/mol. The van der Waals surface area contributed by atoms with Crippen molar-refractivity contribution in [1.82, 2.24) is 9.97 Å². The van der Waals surface area contributed by atoms with Crippen molar-refractivity contribution >= 4 is 10.9 Å². The molecule has 0 aliphatic heterocycles. The van der Waals surface area contributed by atoms with E-state index in [1.807, 2.05) is 43.6 Å². The molecule has 3 rings (SSSR count). The van der Waals surface area contributed by atoms with Crippen molar-refractivity contribution in [3.63, 3.8) is 0 Å². The summed E-state index contributed by atoms with van der Waals surface area (Å²) in [7, 11) is 3.29. The van der Waals surface area contributed by atoms with Crippen LogP contribution in [-0.4, -0.2) is 24.2 Å². The highest BCUT2D eigenvalue weighted by molar-refractivity contribution is 5.95. The highest BCUT2D eigenvalue weighted by Gasteiger charge is 2.08. The molecule has 0 aliphatic rings. The molecule has 0 saturated carbocycles. The molecular formula is C17H16N2O2. The summed E-state index contributed by atoms with van der Waals surface area (Å²) < 4.78 is 10.5. The quantitative estimate of drug-likeness (QED) is 0.735. The molecule has 106 valence electrons. The first-order chi connectivity index (χ1) is 10.2. The summed E-state index contributed by atoms with van der Waals surface area (Å²) in [5.41, 5.74) is 4.05. The third-order valence-corrected chi connectivity index (χ3v) is 3.48. The SMILES string of the molecule is COc1ccc2nccc(-c3cnc(OC)c(C)c3)c2c1. The zero-order valence-electron chi connectivity index (χ0n) is 12.3. The molecule has 0 spiro atoms. The molecule has 0 amide bonds. The summed E-state index contributed by atoms with van der Waals surface area (Å²) in [6, 6.07) is 9.93. The van der Waals surface area contributed by atoms with Crippen LogP contribution in [0.3, 0.4) is 0 Å². The second-order valence-corrected chi connectivity index (χ2v) is 4.79. The van der Waals surface area contributed by atoms with E-state index in [1.165, 1.54) is 0 Å². The smallest absolute Gasteiger partial charge is 0.215 e. The molecule has 0 bridgehead atoms. The molecule has 2 aromatic heterocycles. The third-order valence-electron chi connectivity index (χ3n) is 3.48. The van der Waals surface area contributed by atoms with Gasteiger partial charge in [0.1, 0.15) is 5.75 Å². The van der Waals surface area contributed by atoms with Crippen molar-refractivity contribution in [2.75, 3.05) is 14.2 Å². The van der Waals surface area contributed by atoms with E-state index in [1.54, 1.807) is 14.2 Å². The number of ether oxygens (including phenoxy) is 2. The van der Waals surface area contributed by atoms with Gasteiger partial charge in [0.2, 0.25) is 5.88 Å². The van der Waals surface area contributed by atoms with Gasteiger partial charge in [-0.3, -0.25) is 4.98 Å². The summed E-state index contributed by atoms with van der Waals surface area (Å²) in [6.07, 6.45) is 3.63. The summed E-state index contributed by atoms with van der Waals surface area (Å²) in [5, 5.41) is 1.04. The van der Waals surface area contributed by atoms with E-state index in [2.05, 4.69) is 16.0 Å². The maximum atomic E-state index is 5.31. The Morgan fingerprint density at radius 3 is 2.52 bits per heavy atom. The maximum absolute atomic E-state index is 5.31. The largest absolute Gasteiger partial charge is 0.497 e. The lowest BCUT2D eigenvalue weighted by Gasteiger charge is -2.10. The van der Waals surface area contributed by atoms with E-state index in [0.717, 1.165) is 33.3 Å². The molecule has 4 heteroatoms. The van der Waals surface area contributed by atoms with E-state index in [9.17, 15) is 0 Å². The van der Waals surface area contributed by atoms with E-state index < -0.39 is 0 Å². The average molecular weight is 280 g/mol. The molecule has 21 heavy (non-hydrogen) atoms. The number of benzene rings is 1. The van der Waals surface area contributed by atoms with Gasteiger partial charge in [-0.1, -0.05) is 0 Å². The number of methoxy groups -OCH3 is 2. The van der Waals surface area contributed by atoms with Crippen molar-refractivity contribution in [3.8, 4) is 22.8 Å². The molecule has 0 fully saturated rings. The standard InChI is InChI=1S/C17H16N2O2/c1-11-8-12(10-19-17(11)21-3)14-6-7-18-16-5-4-13(20-2)9-15(14)16/h4-10H,1-3H3. The highest BCUT2D eigenvalue weighted by atomic mass is 16.5. The fourth-order valence-corrected chi connectivity index (χ4v) is 2.43. The van der Waals surface area contributed by atoms with E-state index >= 15 is 0 Å². The van der Waals surface area contributed by atoms with Gasteiger partial charge >= 0.3 is 0 Å². The molecule has 0 aliphatic carbocycles. The molecule has 3 aromatic rings. The number of fused-ring (bicyclic) bond motifs is 1. The van der Waals surface area contributed by atoms with Crippen molar-refractivity contribution in [2.24, 2.45) is 0 Å². The first-order valence-electron chi connectivity index (χ1n) is 6.66. The number of aromatic nitrogens is 2. The van der Waals surface area contributed by atoms with E-state index in [4.69, 9.17) is 9.47 Å². The number of aryl methyl sites for hydroxylation is 1.